The molecule has 2 unspecified atom stereocenters. The Morgan fingerprint density at radius 2 is 2.33 bits per heavy atom. The van der Waals surface area contributed by atoms with Crippen LogP contribution in [0.4, 0.5) is 4.79 Å². The van der Waals surface area contributed by atoms with Crippen LogP contribution in [0.15, 0.2) is 0 Å². The van der Waals surface area contributed by atoms with Crippen LogP contribution < -0.4 is 10.6 Å². The smallest absolute Gasteiger partial charge is 0.327 e. The Labute approximate surface area is 106 Å². The quantitative estimate of drug-likeness (QED) is 0.617. The zero-order valence-corrected chi connectivity index (χ0v) is 10.4. The van der Waals surface area contributed by atoms with Crippen LogP contribution in [0.5, 0.6) is 0 Å². The maximum absolute atomic E-state index is 11.5. The Balaban J connectivity index is 2.36. The number of terminal acetylenes is 1. The van der Waals surface area contributed by atoms with Crippen LogP contribution in [0.25, 0.3) is 0 Å². The molecule has 0 aromatic carbocycles. The van der Waals surface area contributed by atoms with E-state index in [0.717, 1.165) is 12.8 Å². The Kier molecular flexibility index (Phi) is 4.98. The lowest BCUT2D eigenvalue weighted by molar-refractivity contribution is -0.139. The van der Waals surface area contributed by atoms with Crippen molar-refractivity contribution in [2.75, 3.05) is 13.2 Å². The van der Waals surface area contributed by atoms with Crippen molar-refractivity contribution >= 4 is 12.0 Å². The summed E-state index contributed by atoms with van der Waals surface area (Å²) in [6, 6.07) is -1.61. The van der Waals surface area contributed by atoms with Crippen LogP contribution in [0.2, 0.25) is 0 Å². The van der Waals surface area contributed by atoms with Crippen molar-refractivity contribution in [3.8, 4) is 12.3 Å². The highest BCUT2D eigenvalue weighted by Crippen LogP contribution is 2.23. The van der Waals surface area contributed by atoms with Gasteiger partial charge in [0.1, 0.15) is 6.04 Å². The number of carbonyl (C=O) groups is 2. The topological polar surface area (TPSA) is 87.7 Å². The van der Waals surface area contributed by atoms with Gasteiger partial charge in [0.2, 0.25) is 0 Å². The van der Waals surface area contributed by atoms with Gasteiger partial charge in [0, 0.05) is 19.6 Å². The fourth-order valence-electron chi connectivity index (χ4n) is 1.77. The molecule has 0 bridgehead atoms. The highest BCUT2D eigenvalue weighted by molar-refractivity contribution is 5.82. The zero-order chi connectivity index (χ0) is 13.6. The van der Waals surface area contributed by atoms with E-state index in [-0.39, 0.29) is 12.0 Å². The van der Waals surface area contributed by atoms with E-state index in [1.807, 2.05) is 6.92 Å². The first-order chi connectivity index (χ1) is 8.47. The van der Waals surface area contributed by atoms with Crippen molar-refractivity contribution in [3.63, 3.8) is 0 Å². The summed E-state index contributed by atoms with van der Waals surface area (Å²) in [4.78, 5) is 22.3. The Bertz CT molecular complexity index is 356. The molecule has 0 radical (unpaired) electrons. The average Bonchev–Trinajstić information content (AvgIpc) is 2.73. The molecule has 3 N–H and O–H groups in total. The molecule has 1 aliphatic heterocycles. The van der Waals surface area contributed by atoms with Gasteiger partial charge in [-0.2, -0.15) is 0 Å². The van der Waals surface area contributed by atoms with Crippen LogP contribution in [0.3, 0.4) is 0 Å². The molecule has 100 valence electrons. The predicted octanol–water partition coefficient (Wildman–Crippen LogP) is 0.331. The molecule has 6 heteroatoms. The minimum atomic E-state index is -1.15. The van der Waals surface area contributed by atoms with Gasteiger partial charge < -0.3 is 20.5 Å². The van der Waals surface area contributed by atoms with E-state index < -0.39 is 18.0 Å². The normalized spacial score (nSPS) is 24.0. The molecule has 0 aliphatic carbocycles. The Morgan fingerprint density at radius 3 is 2.83 bits per heavy atom. The number of urea groups is 1. The molecular formula is C12H18N2O4. The van der Waals surface area contributed by atoms with Crippen LogP contribution in [-0.2, 0) is 9.53 Å². The summed E-state index contributed by atoms with van der Waals surface area (Å²) in [7, 11) is 0. The van der Waals surface area contributed by atoms with Crippen molar-refractivity contribution in [2.24, 2.45) is 0 Å². The lowest BCUT2D eigenvalue weighted by atomic mass is 10.0. The van der Waals surface area contributed by atoms with Gasteiger partial charge in [-0.15, -0.1) is 12.3 Å². The minimum Gasteiger partial charge on any atom is -0.480 e. The van der Waals surface area contributed by atoms with E-state index in [4.69, 9.17) is 16.3 Å². The highest BCUT2D eigenvalue weighted by Gasteiger charge is 2.30. The van der Waals surface area contributed by atoms with Crippen molar-refractivity contribution in [2.45, 2.75) is 37.8 Å². The molecule has 1 aliphatic rings. The van der Waals surface area contributed by atoms with Gasteiger partial charge in [0.25, 0.3) is 0 Å². The SMILES string of the molecule is C#CCC(NC(=O)NCC1(C)CCCO1)C(=O)O. The van der Waals surface area contributed by atoms with Gasteiger partial charge in [0.05, 0.1) is 5.60 Å². The maximum atomic E-state index is 11.5. The van der Waals surface area contributed by atoms with Gasteiger partial charge in [-0.3, -0.25) is 0 Å². The molecule has 0 aromatic rings. The lowest BCUT2D eigenvalue weighted by Gasteiger charge is -2.24. The number of ether oxygens (including phenoxy) is 1. The third-order valence-corrected chi connectivity index (χ3v) is 2.85. The number of aliphatic carboxylic acids is 1. The van der Waals surface area contributed by atoms with Gasteiger partial charge in [-0.25, -0.2) is 9.59 Å². The van der Waals surface area contributed by atoms with Gasteiger partial charge >= 0.3 is 12.0 Å². The predicted molar refractivity (Wildman–Crippen MR) is 65.0 cm³/mol. The summed E-state index contributed by atoms with van der Waals surface area (Å²) >= 11 is 0. The summed E-state index contributed by atoms with van der Waals surface area (Å²) in [5, 5.41) is 13.7. The van der Waals surface area contributed by atoms with Crippen molar-refractivity contribution in [1.29, 1.82) is 0 Å². The molecule has 6 nitrogen and oxygen atoms in total. The molecule has 0 saturated carbocycles. The number of carboxylic acids is 1. The monoisotopic (exact) mass is 254 g/mol. The Morgan fingerprint density at radius 1 is 1.61 bits per heavy atom. The van der Waals surface area contributed by atoms with Crippen LogP contribution in [0, 0.1) is 12.3 Å². The van der Waals surface area contributed by atoms with E-state index in [0.29, 0.717) is 13.2 Å². The first kappa shape index (κ1) is 14.3. The number of carbonyl (C=O) groups excluding carboxylic acids is 1. The first-order valence-corrected chi connectivity index (χ1v) is 5.81. The van der Waals surface area contributed by atoms with E-state index in [9.17, 15) is 9.59 Å². The molecule has 2 atom stereocenters. The lowest BCUT2D eigenvalue weighted by Crippen LogP contribution is -2.49. The minimum absolute atomic E-state index is 0.0451. The van der Waals surface area contributed by atoms with E-state index in [1.165, 1.54) is 0 Å². The molecule has 1 saturated heterocycles. The van der Waals surface area contributed by atoms with Crippen LogP contribution in [-0.4, -0.2) is 41.9 Å². The molecule has 2 amide bonds. The number of nitrogens with one attached hydrogen (secondary N) is 2. The highest BCUT2D eigenvalue weighted by atomic mass is 16.5. The largest absolute Gasteiger partial charge is 0.480 e. The number of hydrogen-bond donors (Lipinski definition) is 3. The zero-order valence-electron chi connectivity index (χ0n) is 10.4. The van der Waals surface area contributed by atoms with Gasteiger partial charge in [0.15, 0.2) is 0 Å². The summed E-state index contributed by atoms with van der Waals surface area (Å²) in [5.41, 5.74) is -0.359. The molecule has 0 spiro atoms. The number of rotatable bonds is 5. The summed E-state index contributed by atoms with van der Waals surface area (Å²) < 4.78 is 5.50. The third kappa shape index (κ3) is 4.26. The van der Waals surface area contributed by atoms with Crippen LogP contribution >= 0.6 is 0 Å². The number of carboxylic acid groups (broad SMARTS) is 1. The fourth-order valence-corrected chi connectivity index (χ4v) is 1.77. The average molecular weight is 254 g/mol. The van der Waals surface area contributed by atoms with E-state index >= 15 is 0 Å². The molecular weight excluding hydrogens is 236 g/mol. The Hall–Kier alpha value is -1.74. The van der Waals surface area contributed by atoms with Crippen molar-refractivity contribution < 1.29 is 19.4 Å². The van der Waals surface area contributed by atoms with Crippen LogP contribution in [0.1, 0.15) is 26.2 Å². The number of hydrogen-bond acceptors (Lipinski definition) is 3. The summed E-state index contributed by atoms with van der Waals surface area (Å²) in [6.07, 6.45) is 6.83. The molecule has 1 fully saturated rings. The number of amides is 2. The van der Waals surface area contributed by atoms with Gasteiger partial charge in [-0.1, -0.05) is 0 Å². The summed E-state index contributed by atoms with van der Waals surface area (Å²) in [5.74, 6) is 1.06. The molecule has 1 heterocycles. The first-order valence-electron chi connectivity index (χ1n) is 5.81. The molecule has 18 heavy (non-hydrogen) atoms. The maximum Gasteiger partial charge on any atom is 0.327 e. The summed E-state index contributed by atoms with van der Waals surface area (Å²) in [6.45, 7) is 2.95. The van der Waals surface area contributed by atoms with Crippen molar-refractivity contribution in [1.82, 2.24) is 10.6 Å². The molecule has 1 rings (SSSR count). The second kappa shape index (κ2) is 6.26. The molecule has 0 aromatic heterocycles. The second-order valence-electron chi connectivity index (χ2n) is 4.53. The van der Waals surface area contributed by atoms with E-state index in [2.05, 4.69) is 16.6 Å². The van der Waals surface area contributed by atoms with Crippen molar-refractivity contribution in [3.05, 3.63) is 0 Å². The van der Waals surface area contributed by atoms with Gasteiger partial charge in [-0.05, 0) is 19.8 Å². The second-order valence-corrected chi connectivity index (χ2v) is 4.53. The van der Waals surface area contributed by atoms with E-state index in [1.54, 1.807) is 0 Å². The third-order valence-electron chi connectivity index (χ3n) is 2.85. The standard InChI is InChI=1S/C12H18N2O4/c1-3-5-9(10(15)16)14-11(17)13-8-12(2)6-4-7-18-12/h1,9H,4-8H2,2H3,(H,15,16)(H2,13,14,17). The fraction of sp³-hybridized carbons (Fsp3) is 0.667.